The highest BCUT2D eigenvalue weighted by Gasteiger charge is 2.21. The molecule has 0 bridgehead atoms. The number of nitriles is 1. The molecule has 3 nitrogen and oxygen atoms in total. The third kappa shape index (κ3) is 3.34. The van der Waals surface area contributed by atoms with Crippen molar-refractivity contribution in [3.05, 3.63) is 50.4 Å². The Bertz CT molecular complexity index is 735. The van der Waals surface area contributed by atoms with E-state index in [1.54, 1.807) is 6.07 Å². The lowest BCUT2D eigenvalue weighted by atomic mass is 9.93. The summed E-state index contributed by atoms with van der Waals surface area (Å²) in [6.45, 7) is 6.19. The molecule has 1 aromatic carbocycles. The zero-order valence-corrected chi connectivity index (χ0v) is 14.4. The maximum Gasteiger partial charge on any atom is 0.144 e. The molecule has 0 aliphatic rings. The van der Waals surface area contributed by atoms with Crippen LogP contribution in [-0.4, -0.2) is 10.1 Å². The molecule has 21 heavy (non-hydrogen) atoms. The van der Waals surface area contributed by atoms with Gasteiger partial charge in [0.05, 0.1) is 5.69 Å². The van der Waals surface area contributed by atoms with Crippen LogP contribution in [0, 0.1) is 11.3 Å². The topological polar surface area (TPSA) is 56.9 Å². The van der Waals surface area contributed by atoms with Gasteiger partial charge in [0.1, 0.15) is 22.4 Å². The second-order valence-electron chi connectivity index (χ2n) is 5.60. The van der Waals surface area contributed by atoms with E-state index in [1.165, 1.54) is 11.3 Å². The number of aliphatic hydroxyl groups excluding tert-OH is 1. The smallest absolute Gasteiger partial charge is 0.144 e. The molecule has 1 aromatic heterocycles. The van der Waals surface area contributed by atoms with Gasteiger partial charge in [0.15, 0.2) is 0 Å². The van der Waals surface area contributed by atoms with Crippen molar-refractivity contribution < 1.29 is 5.11 Å². The third-order valence-corrected chi connectivity index (χ3v) is 4.52. The first-order valence-corrected chi connectivity index (χ1v) is 8.06. The fourth-order valence-electron chi connectivity index (χ4n) is 1.72. The number of aliphatic hydroxyl groups is 1. The Hall–Kier alpha value is -1.64. The molecule has 0 saturated heterocycles. The summed E-state index contributed by atoms with van der Waals surface area (Å²) in [4.78, 5) is 4.49. The summed E-state index contributed by atoms with van der Waals surface area (Å²) in [6, 6.07) is 9.32. The molecule has 0 atom stereocenters. The second-order valence-corrected chi connectivity index (χ2v) is 7.32. The lowest BCUT2D eigenvalue weighted by Crippen LogP contribution is -2.11. The molecular weight excluding hydrogens is 348 g/mol. The normalized spacial score (nSPS) is 12.7. The van der Waals surface area contributed by atoms with E-state index in [4.69, 9.17) is 0 Å². The van der Waals surface area contributed by atoms with Crippen LogP contribution >= 0.6 is 27.3 Å². The highest BCUT2D eigenvalue weighted by atomic mass is 79.9. The minimum atomic E-state index is -0.0851. The molecule has 0 radical (unpaired) electrons. The van der Waals surface area contributed by atoms with E-state index >= 15 is 0 Å². The minimum absolute atomic E-state index is 0.0558. The van der Waals surface area contributed by atoms with Gasteiger partial charge in [0.25, 0.3) is 0 Å². The summed E-state index contributed by atoms with van der Waals surface area (Å²) in [6.07, 6.45) is 0. The Morgan fingerprint density at radius 3 is 2.52 bits per heavy atom. The van der Waals surface area contributed by atoms with Crippen LogP contribution in [0.4, 0.5) is 0 Å². The van der Waals surface area contributed by atoms with Gasteiger partial charge in [-0.2, -0.15) is 5.26 Å². The SMILES string of the molecule is CC(C)(C)c1csc(C(C#N)=C(O)c2ccccc2Br)n1. The summed E-state index contributed by atoms with van der Waals surface area (Å²) < 4.78 is 0.739. The van der Waals surface area contributed by atoms with E-state index in [2.05, 4.69) is 47.8 Å². The number of halogens is 1. The first kappa shape index (κ1) is 15.7. The van der Waals surface area contributed by atoms with Gasteiger partial charge in [0.2, 0.25) is 0 Å². The van der Waals surface area contributed by atoms with Crippen LogP contribution in [0.25, 0.3) is 11.3 Å². The van der Waals surface area contributed by atoms with Crippen molar-refractivity contribution in [2.45, 2.75) is 26.2 Å². The van der Waals surface area contributed by atoms with Crippen molar-refractivity contribution >= 4 is 38.6 Å². The summed E-state index contributed by atoms with van der Waals surface area (Å²) in [5.41, 5.74) is 1.61. The van der Waals surface area contributed by atoms with Crippen LogP contribution in [0.3, 0.4) is 0 Å². The molecule has 0 saturated carbocycles. The van der Waals surface area contributed by atoms with E-state index in [9.17, 15) is 10.4 Å². The molecule has 2 rings (SSSR count). The lowest BCUT2D eigenvalue weighted by molar-refractivity contribution is 0.513. The number of allylic oxidation sites excluding steroid dienone is 1. The van der Waals surface area contributed by atoms with E-state index in [-0.39, 0.29) is 16.7 Å². The lowest BCUT2D eigenvalue weighted by Gasteiger charge is -2.14. The van der Waals surface area contributed by atoms with E-state index in [0.717, 1.165) is 10.2 Å². The Morgan fingerprint density at radius 1 is 1.33 bits per heavy atom. The average molecular weight is 363 g/mol. The average Bonchev–Trinajstić information content (AvgIpc) is 2.89. The van der Waals surface area contributed by atoms with Crippen molar-refractivity contribution in [3.8, 4) is 6.07 Å². The van der Waals surface area contributed by atoms with Crippen molar-refractivity contribution in [3.63, 3.8) is 0 Å². The van der Waals surface area contributed by atoms with Gasteiger partial charge in [0, 0.05) is 20.8 Å². The number of hydrogen-bond donors (Lipinski definition) is 1. The second kappa shape index (κ2) is 6.00. The molecule has 1 N–H and O–H groups in total. The van der Waals surface area contributed by atoms with Crippen LogP contribution in [0.5, 0.6) is 0 Å². The van der Waals surface area contributed by atoms with E-state index < -0.39 is 0 Å². The molecule has 0 amide bonds. The van der Waals surface area contributed by atoms with Gasteiger partial charge >= 0.3 is 0 Å². The van der Waals surface area contributed by atoms with Gasteiger partial charge in [-0.15, -0.1) is 11.3 Å². The maximum atomic E-state index is 10.4. The zero-order valence-electron chi connectivity index (χ0n) is 12.0. The standard InChI is InChI=1S/C16H15BrN2OS/c1-16(2,3)13-9-21-15(19-13)11(8-18)14(20)10-6-4-5-7-12(10)17/h4-7,9,20H,1-3H3. The van der Waals surface area contributed by atoms with Crippen molar-refractivity contribution in [1.82, 2.24) is 4.98 Å². The van der Waals surface area contributed by atoms with Crippen LogP contribution < -0.4 is 0 Å². The number of rotatable bonds is 2. The van der Waals surface area contributed by atoms with Crippen molar-refractivity contribution in [2.75, 3.05) is 0 Å². The van der Waals surface area contributed by atoms with Crippen LogP contribution in [0.1, 0.15) is 37.0 Å². The van der Waals surface area contributed by atoms with E-state index in [1.807, 2.05) is 23.6 Å². The quantitative estimate of drug-likeness (QED) is 0.593. The summed E-state index contributed by atoms with van der Waals surface area (Å²) in [5.74, 6) is -0.0558. The first-order valence-electron chi connectivity index (χ1n) is 6.39. The van der Waals surface area contributed by atoms with Crippen LogP contribution in [-0.2, 0) is 5.41 Å². The van der Waals surface area contributed by atoms with Crippen LogP contribution in [0.2, 0.25) is 0 Å². The number of hydrogen-bond acceptors (Lipinski definition) is 4. The van der Waals surface area contributed by atoms with Crippen molar-refractivity contribution in [2.24, 2.45) is 0 Å². The molecule has 5 heteroatoms. The minimum Gasteiger partial charge on any atom is -0.506 e. The Morgan fingerprint density at radius 2 is 2.00 bits per heavy atom. The molecule has 108 valence electrons. The highest BCUT2D eigenvalue weighted by molar-refractivity contribution is 9.10. The Balaban J connectivity index is 2.54. The summed E-state index contributed by atoms with van der Waals surface area (Å²) in [5, 5.41) is 22.3. The number of aromatic nitrogens is 1. The molecule has 1 heterocycles. The number of thiazole rings is 1. The molecule has 0 fully saturated rings. The molecule has 0 aliphatic heterocycles. The van der Waals surface area contributed by atoms with E-state index in [0.29, 0.717) is 10.6 Å². The molecule has 0 aliphatic carbocycles. The fraction of sp³-hybridized carbons (Fsp3) is 0.250. The largest absolute Gasteiger partial charge is 0.506 e. The molecular formula is C16H15BrN2OS. The highest BCUT2D eigenvalue weighted by Crippen LogP contribution is 2.32. The van der Waals surface area contributed by atoms with Gasteiger partial charge in [-0.3, -0.25) is 0 Å². The fourth-order valence-corrected chi connectivity index (χ4v) is 3.24. The zero-order chi connectivity index (χ0) is 15.6. The number of benzene rings is 1. The summed E-state index contributed by atoms with van der Waals surface area (Å²) in [7, 11) is 0. The Labute approximate surface area is 136 Å². The van der Waals surface area contributed by atoms with Gasteiger partial charge in [-0.25, -0.2) is 4.98 Å². The summed E-state index contributed by atoms with van der Waals surface area (Å²) >= 11 is 4.75. The number of nitrogens with zero attached hydrogens (tertiary/aromatic N) is 2. The maximum absolute atomic E-state index is 10.4. The third-order valence-electron chi connectivity index (χ3n) is 2.96. The monoisotopic (exact) mass is 362 g/mol. The van der Waals surface area contributed by atoms with Crippen LogP contribution in [0.15, 0.2) is 34.1 Å². The van der Waals surface area contributed by atoms with Gasteiger partial charge in [-0.05, 0) is 6.07 Å². The molecule has 0 unspecified atom stereocenters. The van der Waals surface area contributed by atoms with Gasteiger partial charge in [-0.1, -0.05) is 54.9 Å². The first-order chi connectivity index (χ1) is 9.84. The molecule has 0 spiro atoms. The predicted molar refractivity (Wildman–Crippen MR) is 90.0 cm³/mol. The predicted octanol–water partition coefficient (Wildman–Crippen LogP) is 5.15. The van der Waals surface area contributed by atoms with Crippen molar-refractivity contribution in [1.29, 1.82) is 5.26 Å². The van der Waals surface area contributed by atoms with Gasteiger partial charge < -0.3 is 5.11 Å². The molecule has 2 aromatic rings. The Kier molecular flexibility index (Phi) is 4.50.